The molecule has 0 saturated heterocycles. The molecule has 1 N–H and O–H groups in total. The first-order valence-corrected chi connectivity index (χ1v) is 8.35. The van der Waals surface area contributed by atoms with Gasteiger partial charge in [0.1, 0.15) is 11.6 Å². The first-order chi connectivity index (χ1) is 12.1. The van der Waals surface area contributed by atoms with Crippen molar-refractivity contribution < 1.29 is 17.6 Å². The summed E-state index contributed by atoms with van der Waals surface area (Å²) in [5, 5.41) is 0. The van der Waals surface area contributed by atoms with Crippen molar-refractivity contribution in [3.05, 3.63) is 62.6 Å². The lowest BCUT2D eigenvalue weighted by Gasteiger charge is -2.28. The molecule has 1 aliphatic heterocycles. The van der Waals surface area contributed by atoms with Gasteiger partial charge in [-0.05, 0) is 24.6 Å². The number of fused-ring (bicyclic) bond motifs is 1. The number of H-pyrrole nitrogens is 1. The minimum atomic E-state index is -4.52. The topological polar surface area (TPSA) is 49.0 Å². The molecule has 0 atom stereocenters. The Bertz CT molecular complexity index is 874. The average molecular weight is 369 g/mol. The van der Waals surface area contributed by atoms with Crippen LogP contribution in [0.2, 0.25) is 0 Å². The summed E-state index contributed by atoms with van der Waals surface area (Å²) in [4.78, 5) is 21.2. The number of halogens is 4. The van der Waals surface area contributed by atoms with Crippen LogP contribution in [0.4, 0.5) is 17.6 Å². The smallest absolute Gasteiger partial charge is 0.310 e. The minimum absolute atomic E-state index is 0.0165. The van der Waals surface area contributed by atoms with Gasteiger partial charge in [-0.25, -0.2) is 9.37 Å². The van der Waals surface area contributed by atoms with E-state index in [0.717, 1.165) is 18.2 Å². The third-order valence-corrected chi connectivity index (χ3v) is 4.48. The van der Waals surface area contributed by atoms with Crippen molar-refractivity contribution in [1.82, 2.24) is 14.9 Å². The second-order valence-electron chi connectivity index (χ2n) is 6.80. The van der Waals surface area contributed by atoms with Gasteiger partial charge in [0.25, 0.3) is 5.56 Å². The highest BCUT2D eigenvalue weighted by molar-refractivity contribution is 5.28. The van der Waals surface area contributed by atoms with E-state index in [4.69, 9.17) is 0 Å². The first kappa shape index (κ1) is 18.6. The fourth-order valence-electron chi connectivity index (χ4n) is 3.03. The molecule has 0 fully saturated rings. The predicted octanol–water partition coefficient (Wildman–Crippen LogP) is 3.61. The van der Waals surface area contributed by atoms with E-state index in [0.29, 0.717) is 36.6 Å². The van der Waals surface area contributed by atoms with E-state index >= 15 is 0 Å². The molecule has 140 valence electrons. The largest absolute Gasteiger partial charge is 0.416 e. The summed E-state index contributed by atoms with van der Waals surface area (Å²) in [5.74, 6) is -0.0596. The molecule has 1 aromatic heterocycles. The molecule has 3 rings (SSSR count). The Morgan fingerprint density at radius 2 is 2.04 bits per heavy atom. The standard InChI is InChI=1S/C18H19F4N3O/c1-10(2)16-23-15-9-25(6-5-13(15)17(26)24-16)8-11-7-12(18(20,21)22)3-4-14(11)19/h3-4,7,10H,5-6,8-9H2,1-2H3,(H,23,24,26). The summed E-state index contributed by atoms with van der Waals surface area (Å²) in [6.07, 6.45) is -4.09. The highest BCUT2D eigenvalue weighted by Gasteiger charge is 2.31. The van der Waals surface area contributed by atoms with Crippen molar-refractivity contribution in [2.75, 3.05) is 6.54 Å². The highest BCUT2D eigenvalue weighted by atomic mass is 19.4. The number of aromatic nitrogens is 2. The van der Waals surface area contributed by atoms with Gasteiger partial charge in [0, 0.05) is 36.7 Å². The molecule has 1 aliphatic rings. The number of benzene rings is 1. The number of hydrogen-bond donors (Lipinski definition) is 1. The molecule has 2 heterocycles. The Hall–Kier alpha value is -2.22. The van der Waals surface area contributed by atoms with Crippen LogP contribution in [-0.2, 0) is 25.7 Å². The van der Waals surface area contributed by atoms with Crippen molar-refractivity contribution in [1.29, 1.82) is 0 Å². The van der Waals surface area contributed by atoms with Crippen molar-refractivity contribution in [2.24, 2.45) is 0 Å². The maximum Gasteiger partial charge on any atom is 0.416 e. The van der Waals surface area contributed by atoms with Gasteiger partial charge in [0.15, 0.2) is 0 Å². The van der Waals surface area contributed by atoms with Crippen molar-refractivity contribution >= 4 is 0 Å². The first-order valence-electron chi connectivity index (χ1n) is 8.35. The highest BCUT2D eigenvalue weighted by Crippen LogP contribution is 2.31. The van der Waals surface area contributed by atoms with Crippen LogP contribution < -0.4 is 5.56 Å². The fourth-order valence-corrected chi connectivity index (χ4v) is 3.03. The molecule has 0 aliphatic carbocycles. The van der Waals surface area contributed by atoms with Gasteiger partial charge in [-0.15, -0.1) is 0 Å². The second kappa shape index (κ2) is 6.83. The Balaban J connectivity index is 1.85. The van der Waals surface area contributed by atoms with Crippen molar-refractivity contribution in [3.8, 4) is 0 Å². The number of aromatic amines is 1. The molecule has 4 nitrogen and oxygen atoms in total. The molecule has 1 aromatic carbocycles. The van der Waals surface area contributed by atoms with E-state index < -0.39 is 17.6 Å². The Morgan fingerprint density at radius 1 is 1.31 bits per heavy atom. The normalized spacial score (nSPS) is 15.3. The van der Waals surface area contributed by atoms with Crippen LogP contribution in [0.15, 0.2) is 23.0 Å². The summed E-state index contributed by atoms with van der Waals surface area (Å²) >= 11 is 0. The summed E-state index contributed by atoms with van der Waals surface area (Å²) in [5.41, 5.74) is 0.134. The summed E-state index contributed by atoms with van der Waals surface area (Å²) in [6.45, 7) is 4.59. The predicted molar refractivity (Wildman–Crippen MR) is 88.2 cm³/mol. The minimum Gasteiger partial charge on any atom is -0.310 e. The van der Waals surface area contributed by atoms with Gasteiger partial charge in [-0.3, -0.25) is 9.69 Å². The van der Waals surface area contributed by atoms with Gasteiger partial charge < -0.3 is 4.98 Å². The third-order valence-electron chi connectivity index (χ3n) is 4.48. The number of hydrogen-bond acceptors (Lipinski definition) is 3. The fraction of sp³-hybridized carbons (Fsp3) is 0.444. The molecule has 0 amide bonds. The third kappa shape index (κ3) is 3.80. The van der Waals surface area contributed by atoms with Gasteiger partial charge in [-0.1, -0.05) is 13.8 Å². The van der Waals surface area contributed by atoms with Crippen molar-refractivity contribution in [3.63, 3.8) is 0 Å². The van der Waals surface area contributed by atoms with Crippen LogP contribution in [0.3, 0.4) is 0 Å². The summed E-state index contributed by atoms with van der Waals surface area (Å²) < 4.78 is 52.5. The van der Waals surface area contributed by atoms with Crippen LogP contribution >= 0.6 is 0 Å². The lowest BCUT2D eigenvalue weighted by Crippen LogP contribution is -2.35. The van der Waals surface area contributed by atoms with Crippen molar-refractivity contribution in [2.45, 2.75) is 45.5 Å². The molecule has 8 heteroatoms. The number of rotatable bonds is 3. The average Bonchev–Trinajstić information content (AvgIpc) is 2.55. The quantitative estimate of drug-likeness (QED) is 0.841. The van der Waals surface area contributed by atoms with Crippen LogP contribution in [0.5, 0.6) is 0 Å². The van der Waals surface area contributed by atoms with E-state index in [1.54, 1.807) is 4.90 Å². The van der Waals surface area contributed by atoms with E-state index in [9.17, 15) is 22.4 Å². The van der Waals surface area contributed by atoms with Crippen LogP contribution in [0.1, 0.15) is 48.0 Å². The Morgan fingerprint density at radius 3 is 2.69 bits per heavy atom. The van der Waals surface area contributed by atoms with Crippen LogP contribution in [-0.4, -0.2) is 21.4 Å². The van der Waals surface area contributed by atoms with Gasteiger partial charge >= 0.3 is 6.18 Å². The number of nitrogens with one attached hydrogen (secondary N) is 1. The van der Waals surface area contributed by atoms with Gasteiger partial charge in [-0.2, -0.15) is 13.2 Å². The maximum atomic E-state index is 14.0. The van der Waals surface area contributed by atoms with E-state index in [2.05, 4.69) is 9.97 Å². The lowest BCUT2D eigenvalue weighted by molar-refractivity contribution is -0.137. The zero-order valence-electron chi connectivity index (χ0n) is 14.5. The monoisotopic (exact) mass is 369 g/mol. The van der Waals surface area contributed by atoms with Crippen LogP contribution in [0.25, 0.3) is 0 Å². The van der Waals surface area contributed by atoms with E-state index in [1.807, 2.05) is 13.8 Å². The summed E-state index contributed by atoms with van der Waals surface area (Å²) in [7, 11) is 0. The van der Waals surface area contributed by atoms with Gasteiger partial charge in [0.05, 0.1) is 11.3 Å². The zero-order valence-corrected chi connectivity index (χ0v) is 14.5. The van der Waals surface area contributed by atoms with E-state index in [-0.39, 0.29) is 23.6 Å². The maximum absolute atomic E-state index is 14.0. The SMILES string of the molecule is CC(C)c1nc2c(c(=O)[nH]1)CCN(Cc1cc(C(F)(F)F)ccc1F)C2. The Kier molecular flexibility index (Phi) is 4.88. The van der Waals surface area contributed by atoms with Gasteiger partial charge in [0.2, 0.25) is 0 Å². The molecular formula is C18H19F4N3O. The molecule has 2 aromatic rings. The number of nitrogens with zero attached hydrogens (tertiary/aromatic N) is 2. The zero-order chi connectivity index (χ0) is 19.1. The molecule has 26 heavy (non-hydrogen) atoms. The van der Waals surface area contributed by atoms with Crippen LogP contribution in [0, 0.1) is 5.82 Å². The molecule has 0 spiro atoms. The lowest BCUT2D eigenvalue weighted by atomic mass is 10.0. The second-order valence-corrected chi connectivity index (χ2v) is 6.80. The van der Waals surface area contributed by atoms with E-state index in [1.165, 1.54) is 0 Å². The number of alkyl halides is 3. The molecule has 0 saturated carbocycles. The Labute approximate surface area is 147 Å². The molecular weight excluding hydrogens is 350 g/mol. The molecule has 0 bridgehead atoms. The molecule has 0 radical (unpaired) electrons. The molecule has 0 unspecified atom stereocenters. The summed E-state index contributed by atoms with van der Waals surface area (Å²) in [6, 6.07) is 2.42.